The Morgan fingerprint density at radius 3 is 2.34 bits per heavy atom. The average molecular weight is 425 g/mol. The third kappa shape index (κ3) is 4.95. The van der Waals surface area contributed by atoms with E-state index in [1.165, 1.54) is 0 Å². The third-order valence-electron chi connectivity index (χ3n) is 5.11. The number of carbonyl (C=O) groups is 1. The van der Waals surface area contributed by atoms with E-state index in [0.29, 0.717) is 17.9 Å². The summed E-state index contributed by atoms with van der Waals surface area (Å²) in [4.78, 5) is 17.1. The smallest absolute Gasteiger partial charge is 0.251 e. The number of benzene rings is 3. The third-order valence-corrected chi connectivity index (χ3v) is 5.11. The summed E-state index contributed by atoms with van der Waals surface area (Å²) in [5.74, 6) is 1.32. The number of ether oxygens (including phenoxy) is 2. The van der Waals surface area contributed by atoms with E-state index in [9.17, 15) is 4.79 Å². The molecular weight excluding hydrogens is 400 g/mol. The molecule has 1 N–H and O–H groups in total. The van der Waals surface area contributed by atoms with Crippen LogP contribution in [0, 0.1) is 0 Å². The highest BCUT2D eigenvalue weighted by Gasteiger charge is 2.11. The minimum Gasteiger partial charge on any atom is -0.497 e. The van der Waals surface area contributed by atoms with Gasteiger partial charge in [-0.2, -0.15) is 0 Å². The number of para-hydroxylation sites is 1. The fourth-order valence-corrected chi connectivity index (χ4v) is 3.36. The lowest BCUT2D eigenvalue weighted by molar-refractivity contribution is -0.115. The van der Waals surface area contributed by atoms with Gasteiger partial charge >= 0.3 is 0 Å². The van der Waals surface area contributed by atoms with Crippen molar-refractivity contribution in [3.05, 3.63) is 102 Å². The van der Waals surface area contributed by atoms with Crippen LogP contribution >= 0.6 is 0 Å². The maximum atomic E-state index is 12.5. The molecule has 1 aromatic heterocycles. The van der Waals surface area contributed by atoms with Gasteiger partial charge in [0.2, 0.25) is 0 Å². The Labute approximate surface area is 187 Å². The number of fused-ring (bicyclic) bond motifs is 1. The van der Waals surface area contributed by atoms with E-state index in [-0.39, 0.29) is 5.91 Å². The van der Waals surface area contributed by atoms with Crippen molar-refractivity contribution in [2.75, 3.05) is 14.2 Å². The first-order chi connectivity index (χ1) is 15.7. The molecule has 4 rings (SSSR count). The summed E-state index contributed by atoms with van der Waals surface area (Å²) in [6.07, 6.45) is 1.85. The topological polar surface area (TPSA) is 60.5 Å². The zero-order valence-corrected chi connectivity index (χ0v) is 18.0. The number of amides is 1. The summed E-state index contributed by atoms with van der Waals surface area (Å²) in [6.45, 7) is 0.369. The molecule has 0 saturated carbocycles. The Kier molecular flexibility index (Phi) is 6.46. The molecule has 0 unspecified atom stereocenters. The molecular formula is C27H24N2O3. The lowest BCUT2D eigenvalue weighted by Crippen LogP contribution is -2.19. The highest BCUT2D eigenvalue weighted by atomic mass is 16.5. The number of carbonyl (C=O) groups excluding carboxylic acids is 1. The molecule has 4 aromatic rings. The molecule has 0 bridgehead atoms. The van der Waals surface area contributed by atoms with Crippen molar-refractivity contribution in [2.24, 2.45) is 0 Å². The van der Waals surface area contributed by atoms with Gasteiger partial charge in [-0.15, -0.1) is 0 Å². The normalized spacial score (nSPS) is 11.2. The number of hydrogen-bond donors (Lipinski definition) is 1. The summed E-state index contributed by atoms with van der Waals surface area (Å²) >= 11 is 0. The number of nitrogens with zero attached hydrogens (tertiary/aromatic N) is 1. The summed E-state index contributed by atoms with van der Waals surface area (Å²) in [5.41, 5.74) is 4.09. The minimum atomic E-state index is -0.158. The number of rotatable bonds is 7. The van der Waals surface area contributed by atoms with E-state index in [1.54, 1.807) is 14.2 Å². The molecule has 5 nitrogen and oxygen atoms in total. The van der Waals surface area contributed by atoms with Crippen molar-refractivity contribution in [1.82, 2.24) is 10.3 Å². The Morgan fingerprint density at radius 1 is 0.906 bits per heavy atom. The van der Waals surface area contributed by atoms with Crippen LogP contribution in [0.15, 0.2) is 84.9 Å². The Bertz CT molecular complexity index is 1250. The molecule has 0 fully saturated rings. The van der Waals surface area contributed by atoms with E-state index in [0.717, 1.165) is 33.5 Å². The number of aromatic nitrogens is 1. The average Bonchev–Trinajstić information content (AvgIpc) is 2.86. The molecule has 32 heavy (non-hydrogen) atoms. The highest BCUT2D eigenvalue weighted by molar-refractivity contribution is 6.24. The molecule has 0 atom stereocenters. The van der Waals surface area contributed by atoms with Crippen LogP contribution in [0.3, 0.4) is 0 Å². The van der Waals surface area contributed by atoms with Crippen molar-refractivity contribution >= 4 is 28.5 Å². The fourth-order valence-electron chi connectivity index (χ4n) is 3.36. The maximum absolute atomic E-state index is 12.5. The monoisotopic (exact) mass is 424 g/mol. The zero-order chi connectivity index (χ0) is 22.3. The largest absolute Gasteiger partial charge is 0.497 e. The van der Waals surface area contributed by atoms with E-state index in [2.05, 4.69) is 10.3 Å². The second kappa shape index (κ2) is 9.79. The van der Waals surface area contributed by atoms with Gasteiger partial charge in [0.05, 0.1) is 18.3 Å². The second-order valence-corrected chi connectivity index (χ2v) is 7.22. The highest BCUT2D eigenvalue weighted by Crippen LogP contribution is 2.23. The van der Waals surface area contributed by atoms with Gasteiger partial charge in [-0.1, -0.05) is 48.5 Å². The van der Waals surface area contributed by atoms with Gasteiger partial charge < -0.3 is 14.8 Å². The minimum absolute atomic E-state index is 0.158. The van der Waals surface area contributed by atoms with Crippen molar-refractivity contribution in [3.8, 4) is 11.5 Å². The van der Waals surface area contributed by atoms with Gasteiger partial charge in [0.15, 0.2) is 0 Å². The van der Waals surface area contributed by atoms with Crippen LogP contribution in [0.4, 0.5) is 0 Å². The fraction of sp³-hybridized carbons (Fsp3) is 0.111. The summed E-state index contributed by atoms with van der Waals surface area (Å²) in [6, 6.07) is 27.1. The van der Waals surface area contributed by atoms with Gasteiger partial charge in [-0.05, 0) is 53.6 Å². The van der Waals surface area contributed by atoms with Gasteiger partial charge in [0, 0.05) is 18.0 Å². The van der Waals surface area contributed by atoms with Crippen molar-refractivity contribution in [2.45, 2.75) is 6.61 Å². The molecule has 3 aromatic carbocycles. The van der Waals surface area contributed by atoms with E-state index >= 15 is 0 Å². The standard InChI is InChI=1S/C27H24N2O3/c1-28-27(30)25(17-19-7-13-23(31-2)14-8-19)20-10-15-24(16-11-20)32-18-22-12-9-21-5-3-4-6-26(21)29-22/h3-17H,18H2,1-2H3,(H,28,30)/b25-17+. The van der Waals surface area contributed by atoms with Gasteiger partial charge in [0.1, 0.15) is 18.1 Å². The molecule has 0 aliphatic rings. The first-order valence-electron chi connectivity index (χ1n) is 10.3. The summed E-state index contributed by atoms with van der Waals surface area (Å²) < 4.78 is 11.1. The number of methoxy groups -OCH3 is 1. The predicted molar refractivity (Wildman–Crippen MR) is 127 cm³/mol. The zero-order valence-electron chi connectivity index (χ0n) is 18.0. The molecule has 0 aliphatic carbocycles. The Hall–Kier alpha value is -4.12. The number of pyridine rings is 1. The lowest BCUT2D eigenvalue weighted by atomic mass is 10.0. The molecule has 0 saturated heterocycles. The van der Waals surface area contributed by atoms with E-state index < -0.39 is 0 Å². The molecule has 5 heteroatoms. The first kappa shape index (κ1) is 21.1. The number of likely N-dealkylation sites (N-methyl/N-ethyl adjacent to an activating group) is 1. The maximum Gasteiger partial charge on any atom is 0.251 e. The molecule has 1 heterocycles. The Morgan fingerprint density at radius 2 is 1.62 bits per heavy atom. The van der Waals surface area contributed by atoms with Gasteiger partial charge in [0.25, 0.3) is 5.91 Å². The first-order valence-corrected chi connectivity index (χ1v) is 10.3. The summed E-state index contributed by atoms with van der Waals surface area (Å²) in [7, 11) is 3.25. The molecule has 1 amide bonds. The summed E-state index contributed by atoms with van der Waals surface area (Å²) in [5, 5.41) is 3.81. The second-order valence-electron chi connectivity index (χ2n) is 7.22. The van der Waals surface area contributed by atoms with Crippen LogP contribution in [0.1, 0.15) is 16.8 Å². The predicted octanol–water partition coefficient (Wildman–Crippen LogP) is 5.11. The van der Waals surface area contributed by atoms with Crippen LogP contribution in [0.5, 0.6) is 11.5 Å². The SMILES string of the molecule is CNC(=O)/C(=C/c1ccc(OC)cc1)c1ccc(OCc2ccc3ccccc3n2)cc1. The lowest BCUT2D eigenvalue weighted by Gasteiger charge is -2.10. The van der Waals surface area contributed by atoms with Crippen LogP contribution in [-0.4, -0.2) is 25.0 Å². The van der Waals surface area contributed by atoms with Gasteiger partial charge in [-0.25, -0.2) is 4.98 Å². The molecule has 0 aliphatic heterocycles. The van der Waals surface area contributed by atoms with Gasteiger partial charge in [-0.3, -0.25) is 4.79 Å². The molecule has 0 spiro atoms. The van der Waals surface area contributed by atoms with Crippen molar-refractivity contribution in [3.63, 3.8) is 0 Å². The number of hydrogen-bond acceptors (Lipinski definition) is 4. The van der Waals surface area contributed by atoms with Crippen molar-refractivity contribution < 1.29 is 14.3 Å². The van der Waals surface area contributed by atoms with Crippen LogP contribution in [0.25, 0.3) is 22.6 Å². The molecule has 160 valence electrons. The van der Waals surface area contributed by atoms with Crippen LogP contribution < -0.4 is 14.8 Å². The quantitative estimate of drug-likeness (QED) is 0.331. The molecule has 0 radical (unpaired) electrons. The van der Waals surface area contributed by atoms with Crippen LogP contribution in [0.2, 0.25) is 0 Å². The number of nitrogens with one attached hydrogen (secondary N) is 1. The Balaban J connectivity index is 1.50. The van der Waals surface area contributed by atoms with E-state index in [4.69, 9.17) is 9.47 Å². The van der Waals surface area contributed by atoms with Crippen LogP contribution in [-0.2, 0) is 11.4 Å². The van der Waals surface area contributed by atoms with E-state index in [1.807, 2.05) is 91.0 Å². The van der Waals surface area contributed by atoms with Crippen molar-refractivity contribution in [1.29, 1.82) is 0 Å².